The molecule has 0 spiro atoms. The van der Waals surface area contributed by atoms with Crippen LogP contribution in [0.2, 0.25) is 0 Å². The van der Waals surface area contributed by atoms with Gasteiger partial charge in [-0.15, -0.1) is 0 Å². The molecule has 0 saturated heterocycles. The molecule has 0 aliphatic heterocycles. The van der Waals surface area contributed by atoms with Gasteiger partial charge in [-0.25, -0.2) is 0 Å². The Morgan fingerprint density at radius 3 is 2.71 bits per heavy atom. The van der Waals surface area contributed by atoms with Crippen molar-refractivity contribution in [2.45, 2.75) is 38.0 Å². The van der Waals surface area contributed by atoms with Gasteiger partial charge in [-0.1, -0.05) is 49.3 Å². The summed E-state index contributed by atoms with van der Waals surface area (Å²) in [5.74, 6) is 2.40. The van der Waals surface area contributed by atoms with Crippen LogP contribution in [0, 0.1) is 0 Å². The van der Waals surface area contributed by atoms with E-state index < -0.39 is 0 Å². The fourth-order valence-corrected chi connectivity index (χ4v) is 2.70. The van der Waals surface area contributed by atoms with Crippen LogP contribution < -0.4 is 5.32 Å². The molecule has 0 aliphatic rings. The number of hydrogen-bond acceptors (Lipinski definition) is 5. The van der Waals surface area contributed by atoms with Crippen LogP contribution in [-0.2, 0) is 5.75 Å². The van der Waals surface area contributed by atoms with Crippen LogP contribution in [0.15, 0.2) is 34.9 Å². The molecular weight excluding hydrogens is 282 g/mol. The topological polar surface area (TPSA) is 51.0 Å². The zero-order chi connectivity index (χ0) is 15.1. The van der Waals surface area contributed by atoms with Crippen molar-refractivity contribution in [2.75, 3.05) is 12.8 Å². The third-order valence-electron chi connectivity index (χ3n) is 3.42. The third-order valence-corrected chi connectivity index (χ3v) is 3.97. The summed E-state index contributed by atoms with van der Waals surface area (Å²) in [7, 11) is 0. The first-order chi connectivity index (χ1) is 10.3. The van der Waals surface area contributed by atoms with Crippen LogP contribution in [0.3, 0.4) is 0 Å². The molecular formula is C16H23N3OS. The lowest BCUT2D eigenvalue weighted by Crippen LogP contribution is -2.26. The first kappa shape index (κ1) is 16.0. The largest absolute Gasteiger partial charge is 0.339 e. The van der Waals surface area contributed by atoms with Gasteiger partial charge in [0.1, 0.15) is 0 Å². The minimum Gasteiger partial charge on any atom is -0.339 e. The van der Waals surface area contributed by atoms with Crippen molar-refractivity contribution in [3.05, 3.63) is 47.6 Å². The van der Waals surface area contributed by atoms with Gasteiger partial charge in [0.15, 0.2) is 5.82 Å². The number of hydrogen-bond donors (Lipinski definition) is 1. The maximum Gasteiger partial charge on any atom is 0.231 e. The predicted molar refractivity (Wildman–Crippen MR) is 87.4 cm³/mol. The van der Waals surface area contributed by atoms with E-state index in [-0.39, 0.29) is 12.0 Å². The molecule has 1 aromatic carbocycles. The van der Waals surface area contributed by atoms with E-state index in [1.807, 2.05) is 12.3 Å². The van der Waals surface area contributed by atoms with Crippen LogP contribution in [0.4, 0.5) is 0 Å². The molecule has 2 atom stereocenters. The van der Waals surface area contributed by atoms with E-state index in [0.29, 0.717) is 5.89 Å². The molecule has 0 aliphatic carbocycles. The maximum atomic E-state index is 5.45. The molecule has 2 aromatic rings. The summed E-state index contributed by atoms with van der Waals surface area (Å²) in [4.78, 5) is 4.52. The van der Waals surface area contributed by atoms with E-state index in [2.05, 4.69) is 53.6 Å². The summed E-state index contributed by atoms with van der Waals surface area (Å²) in [5, 5.41) is 7.64. The van der Waals surface area contributed by atoms with Crippen molar-refractivity contribution in [3.8, 4) is 0 Å². The van der Waals surface area contributed by atoms with Gasteiger partial charge < -0.3 is 9.84 Å². The Morgan fingerprint density at radius 1 is 1.29 bits per heavy atom. The summed E-state index contributed by atoms with van der Waals surface area (Å²) in [5.41, 5.74) is 1.25. The van der Waals surface area contributed by atoms with Crippen LogP contribution in [0.1, 0.15) is 49.5 Å². The Labute approximate surface area is 130 Å². The molecule has 1 aromatic heterocycles. The standard InChI is InChI=1S/C16H23N3OS/c1-4-10-17-15(13-8-6-5-7-9-13)12(2)16-18-14(11-21-3)19-20-16/h5-9,12,15,17H,4,10-11H2,1-3H3. The minimum absolute atomic E-state index is 0.141. The fraction of sp³-hybridized carbons (Fsp3) is 0.500. The molecule has 0 amide bonds. The third kappa shape index (κ3) is 4.32. The molecule has 1 N–H and O–H groups in total. The van der Waals surface area contributed by atoms with Gasteiger partial charge in [0.25, 0.3) is 0 Å². The highest BCUT2D eigenvalue weighted by molar-refractivity contribution is 7.97. The van der Waals surface area contributed by atoms with E-state index >= 15 is 0 Å². The SMILES string of the molecule is CCCNC(c1ccccc1)C(C)c1nc(CSC)no1. The van der Waals surface area contributed by atoms with Crippen LogP contribution in [0.5, 0.6) is 0 Å². The lowest BCUT2D eigenvalue weighted by atomic mass is 9.94. The highest BCUT2D eigenvalue weighted by Crippen LogP contribution is 2.29. The van der Waals surface area contributed by atoms with Gasteiger partial charge in [-0.05, 0) is 24.8 Å². The van der Waals surface area contributed by atoms with Crippen molar-refractivity contribution < 1.29 is 4.52 Å². The number of aromatic nitrogens is 2. The second kappa shape index (κ2) is 8.20. The normalized spacial score (nSPS) is 14.0. The molecule has 4 nitrogen and oxygen atoms in total. The highest BCUT2D eigenvalue weighted by Gasteiger charge is 2.25. The Hall–Kier alpha value is -1.33. The second-order valence-electron chi connectivity index (χ2n) is 5.11. The summed E-state index contributed by atoms with van der Waals surface area (Å²) in [6.07, 6.45) is 3.13. The lowest BCUT2D eigenvalue weighted by molar-refractivity contribution is 0.324. The summed E-state index contributed by atoms with van der Waals surface area (Å²) in [6, 6.07) is 10.6. The predicted octanol–water partition coefficient (Wildman–Crippen LogP) is 3.78. The van der Waals surface area contributed by atoms with Gasteiger partial charge in [-0.2, -0.15) is 16.7 Å². The lowest BCUT2D eigenvalue weighted by Gasteiger charge is -2.23. The van der Waals surface area contributed by atoms with Crippen molar-refractivity contribution in [2.24, 2.45) is 0 Å². The summed E-state index contributed by atoms with van der Waals surface area (Å²) in [6.45, 7) is 5.27. The molecule has 114 valence electrons. The van der Waals surface area contributed by atoms with E-state index in [9.17, 15) is 0 Å². The van der Waals surface area contributed by atoms with Gasteiger partial charge in [0.05, 0.1) is 11.7 Å². The number of rotatable bonds is 8. The quantitative estimate of drug-likeness (QED) is 0.804. The number of nitrogens with one attached hydrogen (secondary N) is 1. The molecule has 0 radical (unpaired) electrons. The van der Waals surface area contributed by atoms with Gasteiger partial charge in [-0.3, -0.25) is 0 Å². The van der Waals surface area contributed by atoms with Crippen molar-refractivity contribution in [1.29, 1.82) is 0 Å². The van der Waals surface area contributed by atoms with Crippen LogP contribution >= 0.6 is 11.8 Å². The molecule has 5 heteroatoms. The average Bonchev–Trinajstić information content (AvgIpc) is 2.97. The molecule has 1 heterocycles. The van der Waals surface area contributed by atoms with Crippen molar-refractivity contribution in [1.82, 2.24) is 15.5 Å². The fourth-order valence-electron chi connectivity index (χ4n) is 2.33. The molecule has 0 saturated carbocycles. The van der Waals surface area contributed by atoms with E-state index in [4.69, 9.17) is 4.52 Å². The Bertz CT molecular complexity index is 529. The summed E-state index contributed by atoms with van der Waals surface area (Å²) < 4.78 is 5.45. The average molecular weight is 305 g/mol. The molecule has 21 heavy (non-hydrogen) atoms. The van der Waals surface area contributed by atoms with Gasteiger partial charge >= 0.3 is 0 Å². The Morgan fingerprint density at radius 2 is 2.05 bits per heavy atom. The smallest absolute Gasteiger partial charge is 0.231 e. The van der Waals surface area contributed by atoms with E-state index in [0.717, 1.165) is 24.5 Å². The molecule has 0 bridgehead atoms. The number of thioether (sulfide) groups is 1. The van der Waals surface area contributed by atoms with Gasteiger partial charge in [0, 0.05) is 6.04 Å². The molecule has 0 fully saturated rings. The van der Waals surface area contributed by atoms with Crippen LogP contribution in [0.25, 0.3) is 0 Å². The zero-order valence-electron chi connectivity index (χ0n) is 12.9. The van der Waals surface area contributed by atoms with E-state index in [1.165, 1.54) is 5.56 Å². The van der Waals surface area contributed by atoms with Crippen LogP contribution in [-0.4, -0.2) is 22.9 Å². The Kier molecular flexibility index (Phi) is 6.26. The van der Waals surface area contributed by atoms with E-state index in [1.54, 1.807) is 11.8 Å². The molecule has 2 unspecified atom stereocenters. The monoisotopic (exact) mass is 305 g/mol. The first-order valence-electron chi connectivity index (χ1n) is 7.36. The highest BCUT2D eigenvalue weighted by atomic mass is 32.2. The zero-order valence-corrected chi connectivity index (χ0v) is 13.7. The maximum absolute atomic E-state index is 5.45. The summed E-state index contributed by atoms with van der Waals surface area (Å²) >= 11 is 1.70. The second-order valence-corrected chi connectivity index (χ2v) is 5.98. The van der Waals surface area contributed by atoms with Crippen molar-refractivity contribution >= 4 is 11.8 Å². The van der Waals surface area contributed by atoms with Crippen molar-refractivity contribution in [3.63, 3.8) is 0 Å². The Balaban J connectivity index is 2.18. The number of benzene rings is 1. The first-order valence-corrected chi connectivity index (χ1v) is 8.75. The minimum atomic E-state index is 0.141. The van der Waals surface area contributed by atoms with Gasteiger partial charge in [0.2, 0.25) is 5.89 Å². The number of nitrogens with zero attached hydrogens (tertiary/aromatic N) is 2. The molecule has 2 rings (SSSR count).